The normalized spacial score (nSPS) is 15.9. The lowest BCUT2D eigenvalue weighted by molar-refractivity contribution is -0.384. The van der Waals surface area contributed by atoms with Crippen molar-refractivity contribution in [1.29, 1.82) is 0 Å². The Morgan fingerprint density at radius 3 is 2.63 bits per heavy atom. The van der Waals surface area contributed by atoms with Crippen molar-refractivity contribution in [2.45, 2.75) is 13.3 Å². The van der Waals surface area contributed by atoms with E-state index in [2.05, 4.69) is 12.0 Å². The third-order valence-corrected chi connectivity index (χ3v) is 5.15. The number of amides is 1. The van der Waals surface area contributed by atoms with E-state index in [0.717, 1.165) is 17.0 Å². The van der Waals surface area contributed by atoms with Gasteiger partial charge >= 0.3 is 0 Å². The fourth-order valence-corrected chi connectivity index (χ4v) is 3.58. The maximum absolute atomic E-state index is 12.6. The molecule has 8 heteroatoms. The summed E-state index contributed by atoms with van der Waals surface area (Å²) < 4.78 is 0.318. The molecule has 1 amide bonds. The number of carbonyl (C=O) groups is 1. The quantitative estimate of drug-likeness (QED) is 0.246. The Balaban J connectivity index is 1.78. The van der Waals surface area contributed by atoms with Crippen molar-refractivity contribution in [3.05, 3.63) is 80.2 Å². The van der Waals surface area contributed by atoms with Gasteiger partial charge in [-0.2, -0.15) is 10.1 Å². The van der Waals surface area contributed by atoms with Crippen LogP contribution in [0.25, 0.3) is 6.08 Å². The number of hydrogen-bond donors (Lipinski definition) is 0. The summed E-state index contributed by atoms with van der Waals surface area (Å²) in [6, 6.07) is 14.0. The van der Waals surface area contributed by atoms with Crippen LogP contribution in [0.4, 0.5) is 5.69 Å². The summed E-state index contributed by atoms with van der Waals surface area (Å²) in [6.45, 7) is 2.08. The Morgan fingerprint density at radius 1 is 1.22 bits per heavy atom. The zero-order chi connectivity index (χ0) is 19.4. The summed E-state index contributed by atoms with van der Waals surface area (Å²) in [7, 11) is 0. The van der Waals surface area contributed by atoms with Gasteiger partial charge in [-0.05, 0) is 35.8 Å². The monoisotopic (exact) mass is 397 g/mol. The lowest BCUT2D eigenvalue weighted by atomic mass is 10.1. The summed E-state index contributed by atoms with van der Waals surface area (Å²) in [5, 5.41) is 16.1. The van der Waals surface area contributed by atoms with E-state index in [1.807, 2.05) is 24.3 Å². The van der Waals surface area contributed by atoms with Crippen molar-refractivity contribution in [1.82, 2.24) is 5.01 Å². The molecule has 1 aliphatic rings. The molecule has 0 N–H and O–H groups in total. The van der Waals surface area contributed by atoms with Crippen molar-refractivity contribution >= 4 is 52.2 Å². The van der Waals surface area contributed by atoms with Crippen LogP contribution >= 0.6 is 24.0 Å². The van der Waals surface area contributed by atoms with Gasteiger partial charge in [0.1, 0.15) is 0 Å². The number of thiocarbonyl (C=S) groups is 1. The molecule has 0 aliphatic carbocycles. The van der Waals surface area contributed by atoms with Gasteiger partial charge in [0.05, 0.1) is 16.0 Å². The minimum absolute atomic E-state index is 0.0419. The second-order valence-corrected chi connectivity index (χ2v) is 7.36. The minimum Gasteiger partial charge on any atom is -0.266 e. The van der Waals surface area contributed by atoms with Gasteiger partial charge in [-0.15, -0.1) is 0 Å². The van der Waals surface area contributed by atoms with E-state index in [0.29, 0.717) is 14.8 Å². The molecule has 0 spiro atoms. The van der Waals surface area contributed by atoms with E-state index >= 15 is 0 Å². The van der Waals surface area contributed by atoms with E-state index in [4.69, 9.17) is 12.2 Å². The average Bonchev–Trinajstić information content (AvgIpc) is 2.94. The largest absolute Gasteiger partial charge is 0.286 e. The zero-order valence-electron chi connectivity index (χ0n) is 14.4. The fraction of sp³-hybridized carbons (Fsp3) is 0.105. The summed E-state index contributed by atoms with van der Waals surface area (Å²) in [6.07, 6.45) is 4.12. The third-order valence-electron chi connectivity index (χ3n) is 3.86. The number of nitro benzene ring substituents is 1. The van der Waals surface area contributed by atoms with Gasteiger partial charge in [-0.3, -0.25) is 14.9 Å². The summed E-state index contributed by atoms with van der Waals surface area (Å²) in [4.78, 5) is 23.4. The minimum atomic E-state index is -0.483. The van der Waals surface area contributed by atoms with Crippen LogP contribution in [0.1, 0.15) is 23.6 Å². The van der Waals surface area contributed by atoms with Gasteiger partial charge in [0, 0.05) is 17.7 Å². The molecular formula is C19H15N3O3S2. The Hall–Kier alpha value is -2.84. The van der Waals surface area contributed by atoms with E-state index in [1.165, 1.54) is 35.7 Å². The number of non-ortho nitro benzene ring substituents is 1. The van der Waals surface area contributed by atoms with Crippen LogP contribution in [0, 0.1) is 10.1 Å². The molecule has 0 radical (unpaired) electrons. The lowest BCUT2D eigenvalue weighted by Gasteiger charge is -2.06. The lowest BCUT2D eigenvalue weighted by Crippen LogP contribution is -2.22. The second-order valence-electron chi connectivity index (χ2n) is 5.69. The summed E-state index contributed by atoms with van der Waals surface area (Å²) in [5.74, 6) is -0.314. The highest BCUT2D eigenvalue weighted by molar-refractivity contribution is 8.26. The standard InChI is InChI=1S/C19H15N3O3S2/c1-2-13-6-8-14(9-7-13)11-17-18(23)21(19(26)27-17)20-12-15-4-3-5-16(10-15)22(24)25/h3-12H,2H2,1H3/b17-11+,20-12+. The molecule has 1 saturated heterocycles. The number of thioether (sulfide) groups is 1. The van der Waals surface area contributed by atoms with Crippen LogP contribution in [-0.2, 0) is 11.2 Å². The first-order valence-corrected chi connectivity index (χ1v) is 9.35. The molecule has 0 aromatic heterocycles. The van der Waals surface area contributed by atoms with Gasteiger partial charge in [0.25, 0.3) is 11.6 Å². The number of rotatable bonds is 5. The Morgan fingerprint density at radius 2 is 1.96 bits per heavy atom. The van der Waals surface area contributed by atoms with E-state index < -0.39 is 4.92 Å². The molecule has 0 atom stereocenters. The number of nitrogens with zero attached hydrogens (tertiary/aromatic N) is 3. The van der Waals surface area contributed by atoms with Crippen molar-refractivity contribution in [2.24, 2.45) is 5.10 Å². The molecule has 0 unspecified atom stereocenters. The summed E-state index contributed by atoms with van der Waals surface area (Å²) in [5.41, 5.74) is 2.61. The average molecular weight is 397 g/mol. The molecule has 6 nitrogen and oxygen atoms in total. The molecule has 2 aromatic carbocycles. The molecule has 1 aliphatic heterocycles. The van der Waals surface area contributed by atoms with Crippen molar-refractivity contribution in [3.63, 3.8) is 0 Å². The Labute approximate surface area is 165 Å². The highest BCUT2D eigenvalue weighted by Crippen LogP contribution is 2.32. The third kappa shape index (κ3) is 4.47. The molecular weight excluding hydrogens is 382 g/mol. The van der Waals surface area contributed by atoms with Crippen LogP contribution in [0.2, 0.25) is 0 Å². The maximum atomic E-state index is 12.6. The smallest absolute Gasteiger partial charge is 0.266 e. The molecule has 27 heavy (non-hydrogen) atoms. The predicted octanol–water partition coefficient (Wildman–Crippen LogP) is 4.39. The van der Waals surface area contributed by atoms with Crippen LogP contribution in [0.15, 0.2) is 58.5 Å². The van der Waals surface area contributed by atoms with Gasteiger partial charge in [-0.25, -0.2) is 0 Å². The molecule has 1 fully saturated rings. The number of benzene rings is 2. The van der Waals surface area contributed by atoms with Gasteiger partial charge in [0.15, 0.2) is 4.32 Å². The number of carbonyl (C=O) groups excluding carboxylic acids is 1. The van der Waals surface area contributed by atoms with Crippen LogP contribution in [-0.4, -0.2) is 26.4 Å². The highest BCUT2D eigenvalue weighted by Gasteiger charge is 2.32. The first kappa shape index (κ1) is 18.9. The van der Waals surface area contributed by atoms with Crippen LogP contribution in [0.3, 0.4) is 0 Å². The van der Waals surface area contributed by atoms with Gasteiger partial charge in [-0.1, -0.05) is 55.1 Å². The molecule has 0 saturated carbocycles. The van der Waals surface area contributed by atoms with Crippen molar-refractivity contribution in [2.75, 3.05) is 0 Å². The summed E-state index contributed by atoms with van der Waals surface area (Å²) >= 11 is 6.42. The molecule has 3 rings (SSSR count). The molecule has 1 heterocycles. The van der Waals surface area contributed by atoms with Crippen molar-refractivity contribution in [3.8, 4) is 0 Å². The maximum Gasteiger partial charge on any atom is 0.286 e. The van der Waals surface area contributed by atoms with Gasteiger partial charge < -0.3 is 0 Å². The van der Waals surface area contributed by atoms with Crippen molar-refractivity contribution < 1.29 is 9.72 Å². The first-order chi connectivity index (χ1) is 13.0. The molecule has 2 aromatic rings. The Kier molecular flexibility index (Phi) is 5.78. The van der Waals surface area contributed by atoms with E-state index in [9.17, 15) is 14.9 Å². The van der Waals surface area contributed by atoms with Gasteiger partial charge in [0.2, 0.25) is 0 Å². The molecule has 136 valence electrons. The Bertz CT molecular complexity index is 968. The van der Waals surface area contributed by atoms with Crippen LogP contribution < -0.4 is 0 Å². The second kappa shape index (κ2) is 8.24. The number of hydrogen-bond acceptors (Lipinski definition) is 6. The van der Waals surface area contributed by atoms with Crippen LogP contribution in [0.5, 0.6) is 0 Å². The fourth-order valence-electron chi connectivity index (χ4n) is 2.40. The van der Waals surface area contributed by atoms with E-state index in [1.54, 1.807) is 18.2 Å². The number of aryl methyl sites for hydroxylation is 1. The molecule has 0 bridgehead atoms. The predicted molar refractivity (Wildman–Crippen MR) is 112 cm³/mol. The van der Waals surface area contributed by atoms with E-state index in [-0.39, 0.29) is 11.6 Å². The zero-order valence-corrected chi connectivity index (χ0v) is 16.0. The first-order valence-electron chi connectivity index (χ1n) is 8.13. The number of hydrazone groups is 1. The number of nitro groups is 1. The SMILES string of the molecule is CCc1ccc(/C=C2/SC(=S)N(/N=C/c3cccc([N+](=O)[O-])c3)C2=O)cc1. The topological polar surface area (TPSA) is 75.8 Å². The highest BCUT2D eigenvalue weighted by atomic mass is 32.2.